The SMILES string of the molecule is C=CN(CC=O)/C(CC)=C(\C(=O)N/N=C(/c1ccc(C)c(C=O)c1)C(C)C)N(CC)CCNC(=O)C(=N)/C(O)=C(/C)N=C. The molecule has 2 amide bonds. The molecule has 0 fully saturated rings. The van der Waals surface area contributed by atoms with E-state index >= 15 is 0 Å². The Morgan fingerprint density at radius 3 is 2.37 bits per heavy atom. The summed E-state index contributed by atoms with van der Waals surface area (Å²) in [7, 11) is 0. The van der Waals surface area contributed by atoms with Crippen LogP contribution < -0.4 is 10.7 Å². The van der Waals surface area contributed by atoms with Gasteiger partial charge in [-0.15, -0.1) is 0 Å². The molecule has 0 heterocycles. The molecule has 1 aromatic rings. The third kappa shape index (κ3) is 9.87. The number of allylic oxidation sites excluding steroid dienone is 2. The molecule has 12 nitrogen and oxygen atoms in total. The minimum Gasteiger partial charge on any atom is -0.504 e. The maximum absolute atomic E-state index is 13.8. The Balaban J connectivity index is 3.47. The van der Waals surface area contributed by atoms with Crippen LogP contribution in [0.4, 0.5) is 0 Å². The number of rotatable bonds is 18. The van der Waals surface area contributed by atoms with Gasteiger partial charge in [-0.25, -0.2) is 5.43 Å². The van der Waals surface area contributed by atoms with Gasteiger partial charge < -0.3 is 25.0 Å². The molecular weight excluding hydrogens is 550 g/mol. The number of likely N-dealkylation sites (N-methyl/N-ethyl adjacent to an activating group) is 1. The maximum Gasteiger partial charge on any atom is 0.289 e. The fourth-order valence-electron chi connectivity index (χ4n) is 4.14. The van der Waals surface area contributed by atoms with E-state index in [9.17, 15) is 24.3 Å². The molecule has 0 aromatic heterocycles. The minimum atomic E-state index is -0.824. The van der Waals surface area contributed by atoms with E-state index in [1.54, 1.807) is 15.9 Å². The quantitative estimate of drug-likeness (QED) is 0.0664. The number of hydrazone groups is 1. The summed E-state index contributed by atoms with van der Waals surface area (Å²) >= 11 is 0. The number of carbonyl (C=O) groups excluding carboxylic acids is 4. The lowest BCUT2D eigenvalue weighted by molar-refractivity contribution is -0.119. The van der Waals surface area contributed by atoms with Crippen molar-refractivity contribution in [3.05, 3.63) is 70.5 Å². The number of aldehydes is 2. The van der Waals surface area contributed by atoms with Crippen LogP contribution in [-0.2, 0) is 14.4 Å². The third-order valence-electron chi connectivity index (χ3n) is 6.60. The molecule has 0 spiro atoms. The highest BCUT2D eigenvalue weighted by molar-refractivity contribution is 6.43. The second-order valence-corrected chi connectivity index (χ2v) is 9.74. The van der Waals surface area contributed by atoms with Crippen molar-refractivity contribution in [2.24, 2.45) is 16.0 Å². The summed E-state index contributed by atoms with van der Waals surface area (Å²) in [5.41, 5.74) is 5.35. The molecule has 232 valence electrons. The zero-order chi connectivity index (χ0) is 32.7. The van der Waals surface area contributed by atoms with E-state index in [1.807, 2.05) is 46.8 Å². The number of aliphatic hydroxyl groups excluding tert-OH is 1. The Kier molecular flexibility index (Phi) is 15.0. The van der Waals surface area contributed by atoms with Gasteiger partial charge in [-0.3, -0.25) is 24.8 Å². The number of nitrogens with one attached hydrogen (secondary N) is 3. The van der Waals surface area contributed by atoms with Gasteiger partial charge in [0, 0.05) is 30.9 Å². The second-order valence-electron chi connectivity index (χ2n) is 9.74. The smallest absolute Gasteiger partial charge is 0.289 e. The maximum atomic E-state index is 13.8. The first-order valence-electron chi connectivity index (χ1n) is 13.9. The minimum absolute atomic E-state index is 0.0246. The molecule has 43 heavy (non-hydrogen) atoms. The molecule has 1 rings (SSSR count). The topological polar surface area (TPSA) is 168 Å². The standard InChI is InChI=1S/C31H43N7O5/c1-9-25(37(10-2)16-17-39)28(38(11-3)15-14-34-30(42)26(32)29(41)22(7)33-8)31(43)36-35-27(20(4)5)23-13-12-21(6)24(18-23)19-40/h10,12-13,17-20,32,41H,2,8-9,11,14-16H2,1,3-7H3,(H,34,42)(H,36,43)/b28-25+,29-22+,32-26?,35-27+. The largest absolute Gasteiger partial charge is 0.504 e. The van der Waals surface area contributed by atoms with E-state index in [1.165, 1.54) is 13.1 Å². The predicted molar refractivity (Wildman–Crippen MR) is 169 cm³/mol. The van der Waals surface area contributed by atoms with Crippen LogP contribution in [0.2, 0.25) is 0 Å². The van der Waals surface area contributed by atoms with Crippen molar-refractivity contribution in [2.75, 3.05) is 26.2 Å². The van der Waals surface area contributed by atoms with Gasteiger partial charge in [-0.05, 0) is 63.2 Å². The average Bonchev–Trinajstić information content (AvgIpc) is 3.00. The number of aryl methyl sites for hydroxylation is 1. The van der Waals surface area contributed by atoms with Crippen LogP contribution in [0.15, 0.2) is 63.9 Å². The third-order valence-corrected chi connectivity index (χ3v) is 6.60. The monoisotopic (exact) mass is 593 g/mol. The first-order valence-corrected chi connectivity index (χ1v) is 13.9. The van der Waals surface area contributed by atoms with Crippen LogP contribution in [0.1, 0.15) is 62.5 Å². The fraction of sp³-hybridized carbons (Fsp3) is 0.387. The molecule has 0 bridgehead atoms. The molecule has 12 heteroatoms. The summed E-state index contributed by atoms with van der Waals surface area (Å²) in [6, 6.07) is 5.38. The Morgan fingerprint density at radius 2 is 1.86 bits per heavy atom. The number of hydrogen-bond donors (Lipinski definition) is 4. The second kappa shape index (κ2) is 17.8. The zero-order valence-corrected chi connectivity index (χ0v) is 25.9. The summed E-state index contributed by atoms with van der Waals surface area (Å²) in [4.78, 5) is 56.0. The molecule has 0 aliphatic rings. The van der Waals surface area contributed by atoms with Crippen LogP contribution in [0.25, 0.3) is 0 Å². The van der Waals surface area contributed by atoms with Gasteiger partial charge >= 0.3 is 0 Å². The molecule has 0 aliphatic carbocycles. The summed E-state index contributed by atoms with van der Waals surface area (Å²) < 4.78 is 0. The van der Waals surface area contributed by atoms with Gasteiger partial charge in [0.25, 0.3) is 11.8 Å². The van der Waals surface area contributed by atoms with E-state index in [-0.39, 0.29) is 36.9 Å². The van der Waals surface area contributed by atoms with Gasteiger partial charge in [0.1, 0.15) is 18.3 Å². The van der Waals surface area contributed by atoms with Gasteiger partial charge in [-0.2, -0.15) is 5.10 Å². The lowest BCUT2D eigenvalue weighted by Gasteiger charge is -2.31. The highest BCUT2D eigenvalue weighted by Crippen LogP contribution is 2.20. The fourth-order valence-corrected chi connectivity index (χ4v) is 4.14. The Morgan fingerprint density at radius 1 is 1.19 bits per heavy atom. The van der Waals surface area contributed by atoms with Crippen molar-refractivity contribution >= 4 is 42.5 Å². The van der Waals surface area contributed by atoms with E-state index in [4.69, 9.17) is 5.41 Å². The number of nitrogens with zero attached hydrogens (tertiary/aromatic N) is 4. The molecule has 0 saturated carbocycles. The molecule has 0 atom stereocenters. The van der Waals surface area contributed by atoms with Crippen LogP contribution in [-0.4, -0.2) is 83.6 Å². The Labute approximate surface area is 253 Å². The van der Waals surface area contributed by atoms with E-state index in [0.29, 0.717) is 41.8 Å². The van der Waals surface area contributed by atoms with E-state index in [2.05, 4.69) is 34.1 Å². The number of amides is 2. The summed E-state index contributed by atoms with van der Waals surface area (Å²) in [5.74, 6) is -2.06. The lowest BCUT2D eigenvalue weighted by atomic mass is 9.97. The molecule has 0 radical (unpaired) electrons. The predicted octanol–water partition coefficient (Wildman–Crippen LogP) is 3.50. The van der Waals surface area contributed by atoms with Gasteiger partial charge in [0.15, 0.2) is 11.5 Å². The first kappa shape index (κ1) is 36.2. The lowest BCUT2D eigenvalue weighted by Crippen LogP contribution is -2.42. The summed E-state index contributed by atoms with van der Waals surface area (Å²) in [6.07, 6.45) is 3.30. The molecule has 0 aliphatic heterocycles. The molecule has 4 N–H and O–H groups in total. The van der Waals surface area contributed by atoms with Crippen molar-refractivity contribution < 1.29 is 24.3 Å². The molecule has 0 unspecified atom stereocenters. The van der Waals surface area contributed by atoms with E-state index < -0.39 is 23.3 Å². The normalized spacial score (nSPS) is 12.4. The van der Waals surface area contributed by atoms with Crippen LogP contribution in [0.5, 0.6) is 0 Å². The average molecular weight is 594 g/mol. The van der Waals surface area contributed by atoms with Gasteiger partial charge in [0.05, 0.1) is 18.0 Å². The van der Waals surface area contributed by atoms with Gasteiger partial charge in [0.2, 0.25) is 0 Å². The number of aliphatic hydroxyl groups is 1. The molecule has 1 aromatic carbocycles. The van der Waals surface area contributed by atoms with Crippen molar-refractivity contribution in [1.29, 1.82) is 5.41 Å². The van der Waals surface area contributed by atoms with Crippen LogP contribution >= 0.6 is 0 Å². The first-order chi connectivity index (χ1) is 20.4. The number of aliphatic imine (C=N–C) groups is 1. The van der Waals surface area contributed by atoms with Crippen molar-refractivity contribution in [2.45, 2.75) is 48.0 Å². The molecule has 0 saturated heterocycles. The van der Waals surface area contributed by atoms with Crippen LogP contribution in [0.3, 0.4) is 0 Å². The number of benzene rings is 1. The Bertz CT molecular complexity index is 1330. The van der Waals surface area contributed by atoms with E-state index in [0.717, 1.165) is 11.8 Å². The van der Waals surface area contributed by atoms with Crippen molar-refractivity contribution in [1.82, 2.24) is 20.5 Å². The number of carbonyl (C=O) groups is 4. The Hall–Kier alpha value is -4.87. The van der Waals surface area contributed by atoms with Crippen LogP contribution in [0, 0.1) is 18.3 Å². The summed E-state index contributed by atoms with van der Waals surface area (Å²) in [6.45, 7) is 18.3. The zero-order valence-electron chi connectivity index (χ0n) is 25.9. The van der Waals surface area contributed by atoms with Gasteiger partial charge in [-0.1, -0.05) is 39.5 Å². The summed E-state index contributed by atoms with van der Waals surface area (Å²) in [5, 5.41) is 24.9. The molecular formula is C31H43N7O5. The van der Waals surface area contributed by atoms with Crippen molar-refractivity contribution in [3.8, 4) is 0 Å². The van der Waals surface area contributed by atoms with Crippen molar-refractivity contribution in [3.63, 3.8) is 0 Å². The highest BCUT2D eigenvalue weighted by Gasteiger charge is 2.25. The highest BCUT2D eigenvalue weighted by atomic mass is 16.3. The number of hydrogen-bond acceptors (Lipinski definition) is 10.